The molecule has 0 fully saturated rings. The first-order chi connectivity index (χ1) is 13.8. The first-order valence-corrected chi connectivity index (χ1v) is 8.69. The Balaban J connectivity index is 1.95. The lowest BCUT2D eigenvalue weighted by atomic mass is 10.2. The van der Waals surface area contributed by atoms with Gasteiger partial charge in [-0.25, -0.2) is 4.79 Å². The zero-order valence-corrected chi connectivity index (χ0v) is 15.5. The van der Waals surface area contributed by atoms with E-state index in [0.29, 0.717) is 5.69 Å². The van der Waals surface area contributed by atoms with Crippen LogP contribution in [0.2, 0.25) is 0 Å². The Kier molecular flexibility index (Phi) is 5.44. The number of nitro groups is 1. The van der Waals surface area contributed by atoms with Crippen LogP contribution in [0.3, 0.4) is 0 Å². The molecule has 0 radical (unpaired) electrons. The first-order valence-electron chi connectivity index (χ1n) is 8.69. The lowest BCUT2D eigenvalue weighted by molar-refractivity contribution is -0.384. The van der Waals surface area contributed by atoms with E-state index in [0.717, 1.165) is 16.2 Å². The molecule has 29 heavy (non-hydrogen) atoms. The van der Waals surface area contributed by atoms with E-state index in [1.807, 2.05) is 13.0 Å². The number of nitrogens with two attached hydrogens (primary N) is 1. The fourth-order valence-electron chi connectivity index (χ4n) is 2.95. The zero-order valence-electron chi connectivity index (χ0n) is 15.5. The third-order valence-corrected chi connectivity index (χ3v) is 4.35. The number of oxazole rings is 1. The molecule has 2 N–H and O–H groups in total. The van der Waals surface area contributed by atoms with Crippen LogP contribution in [-0.4, -0.2) is 27.8 Å². The van der Waals surface area contributed by atoms with Gasteiger partial charge in [-0.05, 0) is 30.7 Å². The monoisotopic (exact) mass is 398 g/mol. The van der Waals surface area contributed by atoms with Gasteiger partial charge in [-0.3, -0.25) is 24.3 Å². The minimum absolute atomic E-state index is 0.0104. The van der Waals surface area contributed by atoms with E-state index in [1.165, 1.54) is 17.0 Å². The maximum atomic E-state index is 13.0. The van der Waals surface area contributed by atoms with Crippen molar-refractivity contribution in [3.8, 4) is 0 Å². The normalized spacial score (nSPS) is 10.8. The number of carbonyl (C=O) groups excluding carboxylic acids is 2. The summed E-state index contributed by atoms with van der Waals surface area (Å²) in [5.41, 5.74) is 6.74. The topological polar surface area (TPSA) is 142 Å². The van der Waals surface area contributed by atoms with Crippen molar-refractivity contribution in [2.75, 3.05) is 11.4 Å². The van der Waals surface area contributed by atoms with Gasteiger partial charge in [0, 0.05) is 24.7 Å². The Labute approximate surface area is 164 Å². The molecule has 0 atom stereocenters. The molecule has 0 unspecified atom stereocenters. The number of nitrogens with zero attached hydrogens (tertiary/aromatic N) is 3. The number of aromatic nitrogens is 1. The number of non-ortho nitro benzene ring substituents is 1. The second-order valence-corrected chi connectivity index (χ2v) is 6.46. The van der Waals surface area contributed by atoms with Crippen LogP contribution >= 0.6 is 0 Å². The maximum Gasteiger partial charge on any atom is 0.420 e. The Bertz CT molecular complexity index is 1160. The first kappa shape index (κ1) is 19.8. The second kappa shape index (κ2) is 7.97. The van der Waals surface area contributed by atoms with Crippen LogP contribution in [0.4, 0.5) is 11.4 Å². The van der Waals surface area contributed by atoms with Crippen LogP contribution in [-0.2, 0) is 16.1 Å². The molecule has 1 heterocycles. The third-order valence-electron chi connectivity index (χ3n) is 4.35. The number of amides is 2. The Morgan fingerprint density at radius 3 is 2.66 bits per heavy atom. The van der Waals surface area contributed by atoms with Crippen LogP contribution in [0, 0.1) is 17.0 Å². The number of benzene rings is 2. The molecular weight excluding hydrogens is 380 g/mol. The van der Waals surface area contributed by atoms with Crippen molar-refractivity contribution >= 4 is 34.3 Å². The van der Waals surface area contributed by atoms with Crippen molar-refractivity contribution in [3.05, 3.63) is 68.7 Å². The van der Waals surface area contributed by atoms with Gasteiger partial charge in [0.1, 0.15) is 6.54 Å². The van der Waals surface area contributed by atoms with Gasteiger partial charge in [0.15, 0.2) is 5.58 Å². The zero-order chi connectivity index (χ0) is 21.1. The molecular formula is C19H18N4O6. The van der Waals surface area contributed by atoms with E-state index in [-0.39, 0.29) is 36.3 Å². The Hall–Kier alpha value is -3.95. The van der Waals surface area contributed by atoms with Crippen molar-refractivity contribution in [2.24, 2.45) is 5.73 Å². The molecule has 150 valence electrons. The van der Waals surface area contributed by atoms with Gasteiger partial charge in [0.25, 0.3) is 5.69 Å². The average Bonchev–Trinajstić information content (AvgIpc) is 2.96. The average molecular weight is 398 g/mol. The quantitative estimate of drug-likeness (QED) is 0.474. The minimum Gasteiger partial charge on any atom is -0.407 e. The SMILES string of the molecule is Cc1cccc(N(CCC(N)=O)C(=O)Cn2c(=O)oc3cc([N+](=O)[O-])ccc32)c1. The molecule has 0 aliphatic heterocycles. The van der Waals surface area contributed by atoms with E-state index in [1.54, 1.807) is 18.2 Å². The summed E-state index contributed by atoms with van der Waals surface area (Å²) in [6.45, 7) is 1.55. The van der Waals surface area contributed by atoms with Gasteiger partial charge in [-0.2, -0.15) is 0 Å². The Morgan fingerprint density at radius 1 is 1.24 bits per heavy atom. The number of rotatable bonds is 7. The van der Waals surface area contributed by atoms with Gasteiger partial charge in [-0.1, -0.05) is 12.1 Å². The van der Waals surface area contributed by atoms with Crippen molar-refractivity contribution in [2.45, 2.75) is 19.9 Å². The molecule has 3 aromatic rings. The summed E-state index contributed by atoms with van der Waals surface area (Å²) in [4.78, 5) is 48.1. The van der Waals surface area contributed by atoms with E-state index in [4.69, 9.17) is 10.2 Å². The predicted molar refractivity (Wildman–Crippen MR) is 104 cm³/mol. The van der Waals surface area contributed by atoms with E-state index in [2.05, 4.69) is 0 Å². The van der Waals surface area contributed by atoms with Crippen molar-refractivity contribution < 1.29 is 18.9 Å². The van der Waals surface area contributed by atoms with Gasteiger partial charge in [0.05, 0.1) is 16.5 Å². The molecule has 0 aliphatic carbocycles. The maximum absolute atomic E-state index is 13.0. The largest absolute Gasteiger partial charge is 0.420 e. The van der Waals surface area contributed by atoms with Crippen LogP contribution in [0.15, 0.2) is 51.7 Å². The van der Waals surface area contributed by atoms with Gasteiger partial charge < -0.3 is 15.1 Å². The molecule has 0 bridgehead atoms. The highest BCUT2D eigenvalue weighted by molar-refractivity contribution is 5.94. The van der Waals surface area contributed by atoms with Crippen LogP contribution < -0.4 is 16.4 Å². The van der Waals surface area contributed by atoms with Gasteiger partial charge in [-0.15, -0.1) is 0 Å². The molecule has 0 saturated heterocycles. The summed E-state index contributed by atoms with van der Waals surface area (Å²) >= 11 is 0. The molecule has 10 heteroatoms. The van der Waals surface area contributed by atoms with Gasteiger partial charge in [0.2, 0.25) is 11.8 Å². The second-order valence-electron chi connectivity index (χ2n) is 6.46. The number of carbonyl (C=O) groups is 2. The van der Waals surface area contributed by atoms with E-state index >= 15 is 0 Å². The summed E-state index contributed by atoms with van der Waals surface area (Å²) in [5.74, 6) is -1.83. The third kappa shape index (κ3) is 4.32. The number of hydrogen-bond acceptors (Lipinski definition) is 6. The summed E-state index contributed by atoms with van der Waals surface area (Å²) < 4.78 is 6.14. The summed E-state index contributed by atoms with van der Waals surface area (Å²) in [6.07, 6.45) is -0.0487. The molecule has 3 rings (SSSR count). The molecule has 0 aliphatic rings. The standard InChI is InChI=1S/C19H18N4O6/c1-12-3-2-4-13(9-12)21(8-7-17(20)24)18(25)11-22-15-6-5-14(23(27)28)10-16(15)29-19(22)26/h2-6,9-10H,7-8,11H2,1H3,(H2,20,24). The molecule has 1 aromatic heterocycles. The summed E-state index contributed by atoms with van der Waals surface area (Å²) in [5, 5.41) is 10.9. The van der Waals surface area contributed by atoms with Crippen LogP contribution in [0.5, 0.6) is 0 Å². The van der Waals surface area contributed by atoms with E-state index < -0.39 is 22.5 Å². The fourth-order valence-corrected chi connectivity index (χ4v) is 2.95. The highest BCUT2D eigenvalue weighted by Gasteiger charge is 2.21. The van der Waals surface area contributed by atoms with Crippen LogP contribution in [0.25, 0.3) is 11.1 Å². The fraction of sp³-hybridized carbons (Fsp3) is 0.211. The highest BCUT2D eigenvalue weighted by Crippen LogP contribution is 2.21. The molecule has 10 nitrogen and oxygen atoms in total. The van der Waals surface area contributed by atoms with Gasteiger partial charge >= 0.3 is 5.76 Å². The summed E-state index contributed by atoms with van der Waals surface area (Å²) in [6, 6.07) is 10.8. The van der Waals surface area contributed by atoms with E-state index in [9.17, 15) is 24.5 Å². The minimum atomic E-state index is -0.812. The number of anilines is 1. The predicted octanol–water partition coefficient (Wildman–Crippen LogP) is 1.72. The van der Waals surface area contributed by atoms with Crippen molar-refractivity contribution in [1.29, 1.82) is 0 Å². The number of fused-ring (bicyclic) bond motifs is 1. The molecule has 2 amide bonds. The Morgan fingerprint density at radius 2 is 2.00 bits per heavy atom. The molecule has 0 spiro atoms. The lowest BCUT2D eigenvalue weighted by Gasteiger charge is -2.23. The lowest BCUT2D eigenvalue weighted by Crippen LogP contribution is -2.38. The van der Waals surface area contributed by atoms with Crippen molar-refractivity contribution in [3.63, 3.8) is 0 Å². The molecule has 2 aromatic carbocycles. The summed E-state index contributed by atoms with van der Waals surface area (Å²) in [7, 11) is 0. The molecule has 0 saturated carbocycles. The van der Waals surface area contributed by atoms with Crippen molar-refractivity contribution in [1.82, 2.24) is 4.57 Å². The number of primary amides is 1. The highest BCUT2D eigenvalue weighted by atomic mass is 16.6. The van der Waals surface area contributed by atoms with Crippen LogP contribution in [0.1, 0.15) is 12.0 Å². The number of aryl methyl sites for hydroxylation is 1. The number of nitro benzene ring substituents is 1. The number of hydrogen-bond donors (Lipinski definition) is 1. The smallest absolute Gasteiger partial charge is 0.407 e.